The number of methoxy groups -OCH3 is 2. The Morgan fingerprint density at radius 1 is 1.08 bits per heavy atom. The first-order valence-corrected chi connectivity index (χ1v) is 3.36. The summed E-state index contributed by atoms with van der Waals surface area (Å²) in [5.74, 6) is 1.12. The van der Waals surface area contributed by atoms with Gasteiger partial charge in [0, 0.05) is 18.2 Å². The van der Waals surface area contributed by atoms with Crippen LogP contribution in [-0.2, 0) is 0 Å². The lowest BCUT2D eigenvalue weighted by molar-refractivity contribution is 0.394. The molecule has 1 aromatic rings. The minimum absolute atomic E-state index is 0.297. The fraction of sp³-hybridized carbons (Fsp3) is 0.250. The van der Waals surface area contributed by atoms with Gasteiger partial charge in [0.2, 0.25) is 0 Å². The second-order valence-electron chi connectivity index (χ2n) is 2.16. The molecule has 0 amide bonds. The van der Waals surface area contributed by atoms with E-state index in [4.69, 9.17) is 9.47 Å². The van der Waals surface area contributed by atoms with E-state index in [1.165, 1.54) is 26.4 Å². The molecule has 0 heterocycles. The lowest BCUT2D eigenvalue weighted by Gasteiger charge is -2.03. The van der Waals surface area contributed by atoms with Gasteiger partial charge in [-0.15, -0.1) is 4.91 Å². The highest BCUT2D eigenvalue weighted by Crippen LogP contribution is 2.27. The molecule has 0 aromatic heterocycles. The Morgan fingerprint density at radius 2 is 1.58 bits per heavy atom. The molecule has 0 aliphatic carbocycles. The summed E-state index contributed by atoms with van der Waals surface area (Å²) < 4.78 is 9.84. The minimum Gasteiger partial charge on any atom is -0.497 e. The molecule has 64 valence electrons. The zero-order valence-corrected chi connectivity index (χ0v) is 6.90. The molecule has 1 rings (SSSR count). The van der Waals surface area contributed by atoms with Crippen LogP contribution in [0, 0.1) is 4.91 Å². The predicted molar refractivity (Wildman–Crippen MR) is 45.0 cm³/mol. The molecule has 12 heavy (non-hydrogen) atoms. The summed E-state index contributed by atoms with van der Waals surface area (Å²) in [4.78, 5) is 10.2. The van der Waals surface area contributed by atoms with E-state index < -0.39 is 0 Å². The van der Waals surface area contributed by atoms with Crippen LogP contribution in [0.1, 0.15) is 0 Å². The van der Waals surface area contributed by atoms with Crippen molar-refractivity contribution in [2.24, 2.45) is 5.18 Å². The quantitative estimate of drug-likeness (QED) is 0.647. The van der Waals surface area contributed by atoms with Crippen molar-refractivity contribution in [2.45, 2.75) is 0 Å². The van der Waals surface area contributed by atoms with E-state index in [0.29, 0.717) is 17.2 Å². The number of benzene rings is 1. The molecule has 0 radical (unpaired) electrons. The van der Waals surface area contributed by atoms with Crippen LogP contribution in [0.3, 0.4) is 0 Å². The van der Waals surface area contributed by atoms with Gasteiger partial charge in [-0.25, -0.2) is 0 Å². The first-order chi connectivity index (χ1) is 5.80. The molecule has 1 aromatic carbocycles. The van der Waals surface area contributed by atoms with Crippen molar-refractivity contribution < 1.29 is 9.47 Å². The normalized spacial score (nSPS) is 9.17. The zero-order chi connectivity index (χ0) is 8.97. The van der Waals surface area contributed by atoms with Gasteiger partial charge < -0.3 is 9.47 Å². The summed E-state index contributed by atoms with van der Waals surface area (Å²) in [5.41, 5.74) is 0.297. The maximum atomic E-state index is 10.2. The molecular formula is C8H9NO3. The van der Waals surface area contributed by atoms with Gasteiger partial charge in [0.15, 0.2) is 0 Å². The van der Waals surface area contributed by atoms with Gasteiger partial charge in [0.1, 0.15) is 17.2 Å². The summed E-state index contributed by atoms with van der Waals surface area (Å²) in [6, 6.07) is 4.75. The van der Waals surface area contributed by atoms with Gasteiger partial charge in [0.25, 0.3) is 0 Å². The third-order valence-electron chi connectivity index (χ3n) is 1.44. The molecule has 0 saturated carbocycles. The van der Waals surface area contributed by atoms with Gasteiger partial charge >= 0.3 is 0 Å². The highest BCUT2D eigenvalue weighted by molar-refractivity contribution is 5.49. The number of hydrogen-bond acceptors (Lipinski definition) is 4. The maximum absolute atomic E-state index is 10.2. The van der Waals surface area contributed by atoms with Gasteiger partial charge in [-0.2, -0.15) is 0 Å². The first kappa shape index (κ1) is 8.52. The smallest absolute Gasteiger partial charge is 0.124 e. The average Bonchev–Trinajstić information content (AvgIpc) is 2.16. The SMILES string of the molecule is COc1cc(N=O)cc(OC)c1. The lowest BCUT2D eigenvalue weighted by Crippen LogP contribution is -1.85. The van der Waals surface area contributed by atoms with Crippen molar-refractivity contribution in [3.8, 4) is 11.5 Å². The number of ether oxygens (including phenoxy) is 2. The van der Waals surface area contributed by atoms with Crippen LogP contribution in [0.25, 0.3) is 0 Å². The van der Waals surface area contributed by atoms with Crippen LogP contribution in [0.15, 0.2) is 23.4 Å². The summed E-state index contributed by atoms with van der Waals surface area (Å²) in [7, 11) is 3.03. The standard InChI is InChI=1S/C8H9NO3/c1-11-7-3-6(9-10)4-8(5-7)12-2/h3-5H,1-2H3. The van der Waals surface area contributed by atoms with E-state index in [1.807, 2.05) is 0 Å². The summed E-state index contributed by atoms with van der Waals surface area (Å²) >= 11 is 0. The van der Waals surface area contributed by atoms with Gasteiger partial charge in [-0.05, 0) is 5.18 Å². The Hall–Kier alpha value is -1.58. The molecule has 0 atom stereocenters. The van der Waals surface area contributed by atoms with E-state index in [2.05, 4.69) is 5.18 Å². The van der Waals surface area contributed by atoms with E-state index in [1.54, 1.807) is 6.07 Å². The molecule has 0 bridgehead atoms. The molecule has 0 unspecified atom stereocenters. The molecule has 4 nitrogen and oxygen atoms in total. The second-order valence-corrected chi connectivity index (χ2v) is 2.16. The van der Waals surface area contributed by atoms with E-state index >= 15 is 0 Å². The van der Waals surface area contributed by atoms with E-state index in [-0.39, 0.29) is 0 Å². The molecule has 0 fully saturated rings. The Bertz CT molecular complexity index is 263. The number of nitroso groups, excluding NO2 is 1. The van der Waals surface area contributed by atoms with E-state index in [0.717, 1.165) is 0 Å². The Kier molecular flexibility index (Phi) is 2.63. The summed E-state index contributed by atoms with van der Waals surface area (Å²) in [5, 5.41) is 2.78. The maximum Gasteiger partial charge on any atom is 0.124 e. The fourth-order valence-electron chi connectivity index (χ4n) is 0.845. The molecule has 0 spiro atoms. The van der Waals surface area contributed by atoms with Gasteiger partial charge in [0.05, 0.1) is 14.2 Å². The van der Waals surface area contributed by atoms with Crippen molar-refractivity contribution in [2.75, 3.05) is 14.2 Å². The Balaban J connectivity index is 3.09. The van der Waals surface area contributed by atoms with Crippen LogP contribution >= 0.6 is 0 Å². The van der Waals surface area contributed by atoms with Crippen LogP contribution in [-0.4, -0.2) is 14.2 Å². The highest BCUT2D eigenvalue weighted by atomic mass is 16.5. The van der Waals surface area contributed by atoms with Crippen molar-refractivity contribution in [3.63, 3.8) is 0 Å². The summed E-state index contributed by atoms with van der Waals surface area (Å²) in [6.45, 7) is 0. The van der Waals surface area contributed by atoms with Crippen molar-refractivity contribution >= 4 is 5.69 Å². The van der Waals surface area contributed by atoms with Crippen LogP contribution in [0.5, 0.6) is 11.5 Å². The first-order valence-electron chi connectivity index (χ1n) is 3.36. The van der Waals surface area contributed by atoms with Crippen molar-refractivity contribution in [3.05, 3.63) is 23.1 Å². The second kappa shape index (κ2) is 3.71. The minimum atomic E-state index is 0.297. The molecule has 0 N–H and O–H groups in total. The fourth-order valence-corrected chi connectivity index (χ4v) is 0.845. The van der Waals surface area contributed by atoms with Crippen LogP contribution < -0.4 is 9.47 Å². The average molecular weight is 167 g/mol. The van der Waals surface area contributed by atoms with Crippen molar-refractivity contribution in [1.29, 1.82) is 0 Å². The Morgan fingerprint density at radius 3 is 1.92 bits per heavy atom. The monoisotopic (exact) mass is 167 g/mol. The largest absolute Gasteiger partial charge is 0.497 e. The summed E-state index contributed by atoms with van der Waals surface area (Å²) in [6.07, 6.45) is 0. The molecular weight excluding hydrogens is 158 g/mol. The Labute approximate surface area is 70.1 Å². The molecule has 4 heteroatoms. The zero-order valence-electron chi connectivity index (χ0n) is 6.90. The number of hydrogen-bond donors (Lipinski definition) is 0. The van der Waals surface area contributed by atoms with Crippen LogP contribution in [0.4, 0.5) is 5.69 Å². The third-order valence-corrected chi connectivity index (χ3v) is 1.44. The van der Waals surface area contributed by atoms with Crippen LogP contribution in [0.2, 0.25) is 0 Å². The van der Waals surface area contributed by atoms with Gasteiger partial charge in [-0.1, -0.05) is 0 Å². The molecule has 0 aliphatic heterocycles. The third kappa shape index (κ3) is 1.72. The molecule has 0 aliphatic rings. The number of nitrogens with zero attached hydrogens (tertiary/aromatic N) is 1. The highest BCUT2D eigenvalue weighted by Gasteiger charge is 2.00. The van der Waals surface area contributed by atoms with E-state index in [9.17, 15) is 4.91 Å². The van der Waals surface area contributed by atoms with Crippen molar-refractivity contribution in [1.82, 2.24) is 0 Å². The van der Waals surface area contributed by atoms with Gasteiger partial charge in [-0.3, -0.25) is 0 Å². The lowest BCUT2D eigenvalue weighted by atomic mass is 10.3. The topological polar surface area (TPSA) is 47.9 Å². The predicted octanol–water partition coefficient (Wildman–Crippen LogP) is 2.10. The molecule has 0 saturated heterocycles. The number of rotatable bonds is 3.